The minimum absolute atomic E-state index is 0.0504. The third-order valence-corrected chi connectivity index (χ3v) is 11.2. The van der Waals surface area contributed by atoms with Gasteiger partial charge in [-0.3, -0.25) is 18.7 Å². The maximum absolute atomic E-state index is 14.3. The van der Waals surface area contributed by atoms with Gasteiger partial charge >= 0.3 is 13.6 Å². The van der Waals surface area contributed by atoms with Crippen molar-refractivity contribution in [2.45, 2.75) is 74.7 Å². The molecule has 2 heterocycles. The number of aromatic nitrogens is 2. The summed E-state index contributed by atoms with van der Waals surface area (Å²) in [6, 6.07) is 10.4. The highest BCUT2D eigenvalue weighted by molar-refractivity contribution is 7.86. The molecule has 1 aliphatic heterocycles. The smallest absolute Gasteiger partial charge is 0.334 e. The van der Waals surface area contributed by atoms with Crippen LogP contribution in [-0.2, 0) is 44.2 Å². The van der Waals surface area contributed by atoms with Crippen molar-refractivity contribution >= 4 is 41.3 Å². The summed E-state index contributed by atoms with van der Waals surface area (Å²) in [6.07, 6.45) is 6.51. The van der Waals surface area contributed by atoms with E-state index in [0.29, 0.717) is 24.2 Å². The molecule has 0 bridgehead atoms. The van der Waals surface area contributed by atoms with Crippen LogP contribution in [0.1, 0.15) is 67.4 Å². The zero-order valence-corrected chi connectivity index (χ0v) is 30.1. The number of carbonyl (C=O) groups is 3. The minimum atomic E-state index is -4.67. The number of hydrogen-bond donors (Lipinski definition) is 2. The average molecular weight is 735 g/mol. The van der Waals surface area contributed by atoms with Crippen molar-refractivity contribution in [1.29, 1.82) is 0 Å². The maximum atomic E-state index is 14.3. The Morgan fingerprint density at radius 1 is 1.04 bits per heavy atom. The molecule has 15 nitrogen and oxygen atoms in total. The number of carbonyl (C=O) groups excluding carboxylic acids is 3. The Balaban J connectivity index is 1.53. The molecule has 272 valence electrons. The number of benzene rings is 2. The van der Waals surface area contributed by atoms with Crippen LogP contribution in [0.2, 0.25) is 0 Å². The Hall–Kier alpha value is -4.08. The van der Waals surface area contributed by atoms with Gasteiger partial charge in [-0.25, -0.2) is 9.78 Å². The number of nitrogens with zero attached hydrogens (tertiary/aromatic N) is 3. The fourth-order valence-electron chi connectivity index (χ4n) is 5.77. The number of amides is 2. The Kier molecular flexibility index (Phi) is 13.3. The molecule has 1 fully saturated rings. The largest absolute Gasteiger partial charge is 0.488 e. The van der Waals surface area contributed by atoms with Gasteiger partial charge in [-0.2, -0.15) is 8.42 Å². The molecule has 3 aromatic rings. The second kappa shape index (κ2) is 17.2. The number of anilines is 1. The SMILES string of the molecule is CCCCCC[C@H](C(=O)N1C[C@@H](Oc2ccc(CP(=O)(OC)OC)cc2)C[C@H]1C(=O)OC)n1cnc(NC(=O)c2ccccc2S(=O)(=O)O)c1. The first kappa shape index (κ1) is 38.7. The predicted octanol–water partition coefficient (Wildman–Crippen LogP) is 5.10. The van der Waals surface area contributed by atoms with Crippen LogP contribution in [0.15, 0.2) is 66.0 Å². The number of ether oxygens (including phenoxy) is 2. The second-order valence-electron chi connectivity index (χ2n) is 11.8. The van der Waals surface area contributed by atoms with E-state index in [9.17, 15) is 31.9 Å². The molecule has 1 aromatic heterocycles. The van der Waals surface area contributed by atoms with Gasteiger partial charge in [0.25, 0.3) is 16.0 Å². The number of unbranched alkanes of at least 4 members (excludes halogenated alkanes) is 3. The standard InChI is InChI=1S/C33H43N4O11PS/c1-5-6-7-8-12-27(36-20-30(34-22-36)35-31(38)26-11-9-10-13-29(26)50(42,43)44)32(39)37-19-25(18-28(37)33(40)45-2)48-24-16-14-23(15-17-24)21-49(41,46-3)47-4/h9-11,13-17,20,22,25,27-28H,5-8,12,18-19,21H2,1-4H3,(H,35,38)(H,42,43,44)/t25-,27+,28-/m0/s1. The summed E-state index contributed by atoms with van der Waals surface area (Å²) in [6.45, 7) is 2.17. The molecule has 1 aliphatic rings. The first-order valence-corrected chi connectivity index (χ1v) is 19.2. The van der Waals surface area contributed by atoms with Crippen molar-refractivity contribution in [2.75, 3.05) is 33.2 Å². The highest BCUT2D eigenvalue weighted by atomic mass is 32.2. The van der Waals surface area contributed by atoms with Crippen LogP contribution in [0.3, 0.4) is 0 Å². The van der Waals surface area contributed by atoms with E-state index in [2.05, 4.69) is 17.2 Å². The lowest BCUT2D eigenvalue weighted by Crippen LogP contribution is -2.44. The van der Waals surface area contributed by atoms with Gasteiger partial charge in [0.05, 0.1) is 31.7 Å². The van der Waals surface area contributed by atoms with E-state index in [-0.39, 0.29) is 36.4 Å². The third kappa shape index (κ3) is 9.79. The predicted molar refractivity (Wildman–Crippen MR) is 183 cm³/mol. The zero-order valence-electron chi connectivity index (χ0n) is 28.4. The molecule has 2 amide bonds. The van der Waals surface area contributed by atoms with E-state index in [1.54, 1.807) is 28.8 Å². The minimum Gasteiger partial charge on any atom is -0.488 e. The highest BCUT2D eigenvalue weighted by Gasteiger charge is 2.43. The number of nitrogens with one attached hydrogen (secondary N) is 1. The van der Waals surface area contributed by atoms with Gasteiger partial charge in [-0.15, -0.1) is 0 Å². The molecule has 0 radical (unpaired) electrons. The Morgan fingerprint density at radius 2 is 1.74 bits per heavy atom. The molecule has 0 unspecified atom stereocenters. The Labute approximate surface area is 291 Å². The number of methoxy groups -OCH3 is 1. The summed E-state index contributed by atoms with van der Waals surface area (Å²) in [5.74, 6) is -1.23. The molecular weight excluding hydrogens is 691 g/mol. The van der Waals surface area contributed by atoms with Crippen LogP contribution in [0.4, 0.5) is 5.82 Å². The third-order valence-electron chi connectivity index (χ3n) is 8.41. The molecule has 1 saturated heterocycles. The molecular formula is C33H43N4O11PS. The van der Waals surface area contributed by atoms with Crippen LogP contribution in [0.5, 0.6) is 5.75 Å². The molecule has 50 heavy (non-hydrogen) atoms. The number of imidazole rings is 1. The topological polar surface area (TPSA) is 193 Å². The fraction of sp³-hybridized carbons (Fsp3) is 0.455. The van der Waals surface area contributed by atoms with E-state index < -0.39 is 52.7 Å². The first-order valence-electron chi connectivity index (χ1n) is 16.1. The Bertz CT molecular complexity index is 1790. The van der Waals surface area contributed by atoms with Crippen LogP contribution in [-0.4, -0.2) is 85.2 Å². The fourth-order valence-corrected chi connectivity index (χ4v) is 7.52. The van der Waals surface area contributed by atoms with Gasteiger partial charge in [0.2, 0.25) is 5.91 Å². The second-order valence-corrected chi connectivity index (χ2v) is 15.4. The first-order chi connectivity index (χ1) is 23.8. The molecule has 0 aliphatic carbocycles. The van der Waals surface area contributed by atoms with Crippen LogP contribution < -0.4 is 10.1 Å². The van der Waals surface area contributed by atoms with Gasteiger partial charge < -0.3 is 33.3 Å². The number of rotatable bonds is 17. The average Bonchev–Trinajstić information content (AvgIpc) is 3.75. The zero-order chi connectivity index (χ0) is 36.5. The summed E-state index contributed by atoms with van der Waals surface area (Å²) < 4.78 is 68.5. The van der Waals surface area contributed by atoms with Crippen molar-refractivity contribution < 1.29 is 50.4 Å². The van der Waals surface area contributed by atoms with Gasteiger partial charge in [0.15, 0.2) is 5.82 Å². The van der Waals surface area contributed by atoms with E-state index in [4.69, 9.17) is 18.5 Å². The number of likely N-dealkylation sites (tertiary alicyclic amines) is 1. The van der Waals surface area contributed by atoms with Gasteiger partial charge in [0.1, 0.15) is 28.8 Å². The molecule has 0 spiro atoms. The quantitative estimate of drug-likeness (QED) is 0.0808. The van der Waals surface area contributed by atoms with Crippen LogP contribution in [0, 0.1) is 0 Å². The Morgan fingerprint density at radius 3 is 2.38 bits per heavy atom. The highest BCUT2D eigenvalue weighted by Crippen LogP contribution is 2.49. The molecule has 2 N–H and O–H groups in total. The monoisotopic (exact) mass is 734 g/mol. The molecule has 4 rings (SSSR count). The molecule has 3 atom stereocenters. The van der Waals surface area contributed by atoms with Gasteiger partial charge in [0, 0.05) is 26.8 Å². The lowest BCUT2D eigenvalue weighted by Gasteiger charge is -2.28. The normalized spacial score (nSPS) is 16.9. The van der Waals surface area contributed by atoms with E-state index in [1.807, 2.05) is 0 Å². The summed E-state index contributed by atoms with van der Waals surface area (Å²) in [4.78, 5) is 45.3. The van der Waals surface area contributed by atoms with Gasteiger partial charge in [-0.1, -0.05) is 56.9 Å². The van der Waals surface area contributed by atoms with Crippen molar-refractivity contribution in [3.63, 3.8) is 0 Å². The summed E-state index contributed by atoms with van der Waals surface area (Å²) in [5, 5.41) is 2.53. The van der Waals surface area contributed by atoms with Crippen molar-refractivity contribution in [3.05, 3.63) is 72.2 Å². The van der Waals surface area contributed by atoms with E-state index >= 15 is 0 Å². The van der Waals surface area contributed by atoms with E-state index in [0.717, 1.165) is 25.3 Å². The van der Waals surface area contributed by atoms with Crippen LogP contribution >= 0.6 is 7.60 Å². The summed E-state index contributed by atoms with van der Waals surface area (Å²) in [7, 11) is -4.03. The number of esters is 1. The molecule has 2 aromatic carbocycles. The van der Waals surface area contributed by atoms with Crippen molar-refractivity contribution in [3.8, 4) is 5.75 Å². The molecule has 0 saturated carbocycles. The summed E-state index contributed by atoms with van der Waals surface area (Å²) in [5.41, 5.74) is 0.435. The summed E-state index contributed by atoms with van der Waals surface area (Å²) >= 11 is 0. The van der Waals surface area contributed by atoms with Crippen molar-refractivity contribution in [1.82, 2.24) is 14.5 Å². The molecule has 17 heteroatoms. The van der Waals surface area contributed by atoms with E-state index in [1.165, 1.54) is 57.0 Å². The lowest BCUT2D eigenvalue weighted by atomic mass is 10.1. The lowest BCUT2D eigenvalue weighted by molar-refractivity contribution is -0.152. The van der Waals surface area contributed by atoms with Crippen molar-refractivity contribution in [2.24, 2.45) is 0 Å². The maximum Gasteiger partial charge on any atom is 0.334 e. The van der Waals surface area contributed by atoms with Gasteiger partial charge in [-0.05, 0) is 36.2 Å². The number of hydrogen-bond acceptors (Lipinski definition) is 11. The van der Waals surface area contributed by atoms with Crippen LogP contribution in [0.25, 0.3) is 0 Å².